The van der Waals surface area contributed by atoms with E-state index in [1.54, 1.807) is 0 Å². The highest BCUT2D eigenvalue weighted by Crippen LogP contribution is 2.13. The fourth-order valence-corrected chi connectivity index (χ4v) is 2.26. The van der Waals surface area contributed by atoms with Gasteiger partial charge >= 0.3 is 5.97 Å². The molecule has 0 amide bonds. The van der Waals surface area contributed by atoms with Crippen LogP contribution < -0.4 is 0 Å². The topological polar surface area (TPSA) is 46.5 Å². The number of carbonyl (C=O) groups is 1. The third-order valence-electron chi connectivity index (χ3n) is 3.35. The number of hydrogen-bond acceptors (Lipinski definition) is 3. The molecule has 0 aliphatic rings. The van der Waals surface area contributed by atoms with E-state index < -0.39 is 5.79 Å². The third kappa shape index (κ3) is 15.5. The van der Waals surface area contributed by atoms with Gasteiger partial charge in [0.2, 0.25) is 5.79 Å². The Morgan fingerprint density at radius 3 is 1.65 bits per heavy atom. The molecule has 0 fully saturated rings. The van der Waals surface area contributed by atoms with Crippen LogP contribution in [0.2, 0.25) is 0 Å². The molecule has 3 nitrogen and oxygen atoms in total. The molecule has 0 unspecified atom stereocenters. The summed E-state index contributed by atoms with van der Waals surface area (Å²) in [5.41, 5.74) is 0. The van der Waals surface area contributed by atoms with Crippen molar-refractivity contribution < 1.29 is 14.6 Å². The van der Waals surface area contributed by atoms with Gasteiger partial charge in [0.15, 0.2) is 0 Å². The number of unbranched alkanes of at least 4 members (excludes halogenated alkanes) is 10. The van der Waals surface area contributed by atoms with Crippen LogP contribution in [0.1, 0.15) is 97.8 Å². The van der Waals surface area contributed by atoms with Gasteiger partial charge in [-0.2, -0.15) is 0 Å². The molecule has 0 bridgehead atoms. The minimum Gasteiger partial charge on any atom is -0.434 e. The van der Waals surface area contributed by atoms with Crippen LogP contribution in [0.15, 0.2) is 0 Å². The molecule has 0 saturated heterocycles. The van der Waals surface area contributed by atoms with Gasteiger partial charge < -0.3 is 9.84 Å². The Labute approximate surface area is 125 Å². The van der Waals surface area contributed by atoms with Crippen LogP contribution >= 0.6 is 0 Å². The highest BCUT2D eigenvalue weighted by atomic mass is 16.7. The van der Waals surface area contributed by atoms with Crippen LogP contribution in [0.25, 0.3) is 0 Å². The first-order valence-electron chi connectivity index (χ1n) is 8.40. The Morgan fingerprint density at radius 2 is 1.25 bits per heavy atom. The number of hydrogen-bond donors (Lipinski definition) is 1. The van der Waals surface area contributed by atoms with E-state index >= 15 is 0 Å². The zero-order valence-electron chi connectivity index (χ0n) is 13.7. The van der Waals surface area contributed by atoms with E-state index in [9.17, 15) is 9.90 Å². The lowest BCUT2D eigenvalue weighted by atomic mass is 10.1. The van der Waals surface area contributed by atoms with Crippen LogP contribution in [-0.4, -0.2) is 16.9 Å². The molecule has 0 atom stereocenters. The van der Waals surface area contributed by atoms with Crippen molar-refractivity contribution in [3.63, 3.8) is 0 Å². The lowest BCUT2D eigenvalue weighted by molar-refractivity contribution is -0.194. The van der Waals surface area contributed by atoms with Crippen LogP contribution in [0.5, 0.6) is 0 Å². The predicted octanol–water partition coefficient (Wildman–Crippen LogP) is 4.96. The van der Waals surface area contributed by atoms with Gasteiger partial charge in [-0.3, -0.25) is 4.79 Å². The molecule has 0 aromatic carbocycles. The number of rotatable bonds is 13. The quantitative estimate of drug-likeness (QED) is 0.296. The fourth-order valence-electron chi connectivity index (χ4n) is 2.26. The molecular formula is C17H34O3. The van der Waals surface area contributed by atoms with E-state index in [-0.39, 0.29) is 5.97 Å². The molecule has 120 valence electrons. The van der Waals surface area contributed by atoms with Crippen LogP contribution in [0.3, 0.4) is 0 Å². The molecule has 20 heavy (non-hydrogen) atoms. The first-order chi connectivity index (χ1) is 9.45. The SMILES string of the molecule is CCCCCCCCCCCCCC(=O)OC(C)(C)O. The van der Waals surface area contributed by atoms with Gasteiger partial charge in [-0.1, -0.05) is 71.1 Å². The van der Waals surface area contributed by atoms with Crippen LogP contribution in [0, 0.1) is 0 Å². The minimum absolute atomic E-state index is 0.298. The summed E-state index contributed by atoms with van der Waals surface area (Å²) in [5.74, 6) is -1.64. The number of aliphatic hydroxyl groups is 1. The number of esters is 1. The van der Waals surface area contributed by atoms with Gasteiger partial charge in [0.25, 0.3) is 0 Å². The number of carbonyl (C=O) groups excluding carboxylic acids is 1. The summed E-state index contributed by atoms with van der Waals surface area (Å²) in [6.07, 6.45) is 14.3. The molecule has 0 aliphatic carbocycles. The zero-order chi connectivity index (χ0) is 15.3. The lowest BCUT2D eigenvalue weighted by Gasteiger charge is -2.17. The summed E-state index contributed by atoms with van der Waals surface area (Å²) in [5, 5.41) is 9.32. The van der Waals surface area contributed by atoms with Crippen molar-refractivity contribution in [2.45, 2.75) is 104 Å². The highest BCUT2D eigenvalue weighted by molar-refractivity contribution is 5.69. The summed E-state index contributed by atoms with van der Waals surface area (Å²) in [6.45, 7) is 5.20. The molecule has 0 heterocycles. The van der Waals surface area contributed by atoms with Gasteiger partial charge in [0, 0.05) is 20.3 Å². The minimum atomic E-state index is -1.34. The fraction of sp³-hybridized carbons (Fsp3) is 0.941. The van der Waals surface area contributed by atoms with Gasteiger partial charge in [0.1, 0.15) is 0 Å². The summed E-state index contributed by atoms with van der Waals surface area (Å²) in [6, 6.07) is 0. The predicted molar refractivity (Wildman–Crippen MR) is 83.5 cm³/mol. The molecule has 0 aliphatic heterocycles. The van der Waals surface area contributed by atoms with Crippen molar-refractivity contribution in [2.75, 3.05) is 0 Å². The second kappa shape index (κ2) is 12.2. The monoisotopic (exact) mass is 286 g/mol. The van der Waals surface area contributed by atoms with E-state index in [1.807, 2.05) is 0 Å². The van der Waals surface area contributed by atoms with Gasteiger partial charge in [-0.15, -0.1) is 0 Å². The van der Waals surface area contributed by atoms with Gasteiger partial charge in [0.05, 0.1) is 0 Å². The average Bonchev–Trinajstić information content (AvgIpc) is 2.34. The molecule has 0 aromatic rings. The van der Waals surface area contributed by atoms with E-state index in [0.29, 0.717) is 6.42 Å². The van der Waals surface area contributed by atoms with Crippen molar-refractivity contribution >= 4 is 5.97 Å². The molecule has 3 heteroatoms. The molecule has 0 spiro atoms. The Balaban J connectivity index is 3.19. The van der Waals surface area contributed by atoms with Crippen molar-refractivity contribution in [3.05, 3.63) is 0 Å². The normalized spacial score (nSPS) is 11.6. The summed E-state index contributed by atoms with van der Waals surface area (Å²) in [4.78, 5) is 11.3. The van der Waals surface area contributed by atoms with Crippen molar-refractivity contribution in [2.24, 2.45) is 0 Å². The summed E-state index contributed by atoms with van der Waals surface area (Å²) >= 11 is 0. The van der Waals surface area contributed by atoms with E-state index in [2.05, 4.69) is 6.92 Å². The smallest absolute Gasteiger partial charge is 0.308 e. The zero-order valence-corrected chi connectivity index (χ0v) is 13.7. The maximum Gasteiger partial charge on any atom is 0.308 e. The molecule has 1 N–H and O–H groups in total. The third-order valence-corrected chi connectivity index (χ3v) is 3.35. The Morgan fingerprint density at radius 1 is 0.850 bits per heavy atom. The van der Waals surface area contributed by atoms with Gasteiger partial charge in [-0.05, 0) is 6.42 Å². The van der Waals surface area contributed by atoms with Crippen molar-refractivity contribution in [3.8, 4) is 0 Å². The van der Waals surface area contributed by atoms with Crippen molar-refractivity contribution in [1.82, 2.24) is 0 Å². The highest BCUT2D eigenvalue weighted by Gasteiger charge is 2.17. The summed E-state index contributed by atoms with van der Waals surface area (Å²) < 4.78 is 4.85. The largest absolute Gasteiger partial charge is 0.434 e. The average molecular weight is 286 g/mol. The van der Waals surface area contributed by atoms with Crippen molar-refractivity contribution in [1.29, 1.82) is 0 Å². The molecule has 0 aromatic heterocycles. The Hall–Kier alpha value is -0.570. The maximum absolute atomic E-state index is 11.3. The van der Waals surface area contributed by atoms with E-state index in [0.717, 1.165) is 12.8 Å². The number of ether oxygens (including phenoxy) is 1. The standard InChI is InChI=1S/C17H34O3/c1-4-5-6-7-8-9-10-11-12-13-14-15-16(18)20-17(2,3)19/h19H,4-15H2,1-3H3. The second-order valence-electron chi connectivity index (χ2n) is 6.21. The van der Waals surface area contributed by atoms with Gasteiger partial charge in [-0.25, -0.2) is 0 Å². The molecular weight excluding hydrogens is 252 g/mol. The maximum atomic E-state index is 11.3. The summed E-state index contributed by atoms with van der Waals surface area (Å²) in [7, 11) is 0. The molecule has 0 rings (SSSR count). The van der Waals surface area contributed by atoms with E-state index in [4.69, 9.17) is 4.74 Å². The lowest BCUT2D eigenvalue weighted by Crippen LogP contribution is -2.26. The Kier molecular flexibility index (Phi) is 11.8. The first-order valence-corrected chi connectivity index (χ1v) is 8.40. The second-order valence-corrected chi connectivity index (χ2v) is 6.21. The van der Waals surface area contributed by atoms with Crippen LogP contribution in [-0.2, 0) is 9.53 Å². The van der Waals surface area contributed by atoms with E-state index in [1.165, 1.54) is 71.6 Å². The molecule has 0 saturated carbocycles. The Bertz CT molecular complexity index is 231. The molecule has 0 radical (unpaired) electrons. The first kappa shape index (κ1) is 19.4. The van der Waals surface area contributed by atoms with Crippen LogP contribution in [0.4, 0.5) is 0 Å².